The van der Waals surface area contributed by atoms with E-state index in [4.69, 9.17) is 4.42 Å². The second kappa shape index (κ2) is 10.5. The minimum absolute atomic E-state index is 0.0181. The topological polar surface area (TPSA) is 87.8 Å². The lowest BCUT2D eigenvalue weighted by atomic mass is 9.93. The minimum atomic E-state index is -4.05. The molecule has 0 saturated carbocycles. The van der Waals surface area contributed by atoms with Gasteiger partial charge in [-0.15, -0.1) is 0 Å². The van der Waals surface area contributed by atoms with Gasteiger partial charge in [-0.25, -0.2) is 13.2 Å². The molecule has 0 saturated heterocycles. The van der Waals surface area contributed by atoms with E-state index in [1.807, 2.05) is 13.0 Å². The van der Waals surface area contributed by atoms with Crippen LogP contribution >= 0.6 is 0 Å². The smallest absolute Gasteiger partial charge is 0.345 e. The zero-order valence-corrected chi connectivity index (χ0v) is 20.3. The maximum Gasteiger partial charge on any atom is 0.345 e. The molecule has 3 aromatic rings. The first-order valence-electron chi connectivity index (χ1n) is 12.0. The van der Waals surface area contributed by atoms with Crippen molar-refractivity contribution in [2.45, 2.75) is 69.2 Å². The Morgan fingerprint density at radius 2 is 1.56 bits per heavy atom. The normalized spacial score (nSPS) is 15.1. The van der Waals surface area contributed by atoms with Crippen molar-refractivity contribution in [1.82, 2.24) is 0 Å². The van der Waals surface area contributed by atoms with Crippen LogP contribution in [-0.2, 0) is 22.9 Å². The molecule has 1 aliphatic rings. The van der Waals surface area contributed by atoms with Crippen molar-refractivity contribution in [3.63, 3.8) is 0 Å². The molecule has 0 aliphatic heterocycles. The molecule has 0 radical (unpaired) electrons. The molecule has 1 atom stereocenters. The zero-order valence-electron chi connectivity index (χ0n) is 19.4. The SMILES string of the molecule is CCCC(c1c(O)c2c(oc1=O)CCCCCC2)N(c1ccccc1)S(=O)(=O)c1ccccc1. The van der Waals surface area contributed by atoms with Crippen molar-refractivity contribution >= 4 is 15.7 Å². The quantitative estimate of drug-likeness (QED) is 0.465. The Hall–Kier alpha value is -3.06. The van der Waals surface area contributed by atoms with Gasteiger partial charge in [-0.3, -0.25) is 4.31 Å². The first kappa shape index (κ1) is 24.1. The average Bonchev–Trinajstić information content (AvgIpc) is 2.82. The molecule has 1 heterocycles. The van der Waals surface area contributed by atoms with Crippen LogP contribution in [0.2, 0.25) is 0 Å². The van der Waals surface area contributed by atoms with Gasteiger partial charge in [-0.1, -0.05) is 62.6 Å². The van der Waals surface area contributed by atoms with Gasteiger partial charge in [-0.2, -0.15) is 0 Å². The Bertz CT molecular complexity index is 1270. The summed E-state index contributed by atoms with van der Waals surface area (Å²) < 4.78 is 34.9. The molecule has 4 rings (SSSR count). The van der Waals surface area contributed by atoms with Crippen molar-refractivity contribution in [3.8, 4) is 5.75 Å². The highest BCUT2D eigenvalue weighted by atomic mass is 32.2. The van der Waals surface area contributed by atoms with Crippen LogP contribution in [0.1, 0.15) is 68.4 Å². The van der Waals surface area contributed by atoms with E-state index in [9.17, 15) is 18.3 Å². The van der Waals surface area contributed by atoms with Gasteiger partial charge in [0.25, 0.3) is 10.0 Å². The highest BCUT2D eigenvalue weighted by Gasteiger charge is 2.37. The molecule has 0 spiro atoms. The number of rotatable bonds is 7. The predicted molar refractivity (Wildman–Crippen MR) is 133 cm³/mol. The highest BCUT2D eigenvalue weighted by molar-refractivity contribution is 7.92. The molecule has 1 aromatic heterocycles. The van der Waals surface area contributed by atoms with Gasteiger partial charge in [0.05, 0.1) is 16.6 Å². The third kappa shape index (κ3) is 4.75. The highest BCUT2D eigenvalue weighted by Crippen LogP contribution is 2.40. The molecule has 1 unspecified atom stereocenters. The van der Waals surface area contributed by atoms with Crippen molar-refractivity contribution in [3.05, 3.63) is 88.0 Å². The number of sulfonamides is 1. The summed E-state index contributed by atoms with van der Waals surface area (Å²) in [5, 5.41) is 11.4. The molecule has 0 amide bonds. The van der Waals surface area contributed by atoms with Crippen LogP contribution in [0, 0.1) is 0 Å². The van der Waals surface area contributed by atoms with Crippen LogP contribution in [0.15, 0.2) is 74.8 Å². The second-order valence-electron chi connectivity index (χ2n) is 8.72. The fourth-order valence-corrected chi connectivity index (χ4v) is 6.41. The Kier molecular flexibility index (Phi) is 7.41. The summed E-state index contributed by atoms with van der Waals surface area (Å²) in [4.78, 5) is 13.4. The number of benzene rings is 2. The number of anilines is 1. The van der Waals surface area contributed by atoms with Crippen LogP contribution in [0.5, 0.6) is 5.75 Å². The number of hydrogen-bond donors (Lipinski definition) is 1. The van der Waals surface area contributed by atoms with E-state index < -0.39 is 21.7 Å². The van der Waals surface area contributed by atoms with Crippen LogP contribution in [0.3, 0.4) is 0 Å². The largest absolute Gasteiger partial charge is 0.507 e. The Morgan fingerprint density at radius 3 is 2.21 bits per heavy atom. The standard InChI is InChI=1S/C27H31NO5S/c1-2-13-23(25-26(29)22-18-11-3-4-12-19-24(22)33-27(25)30)28(20-14-7-5-8-15-20)34(31,32)21-16-9-6-10-17-21/h5-10,14-17,23,29H,2-4,11-13,18-19H2,1H3. The van der Waals surface area contributed by atoms with Gasteiger partial charge in [0.2, 0.25) is 0 Å². The van der Waals surface area contributed by atoms with Gasteiger partial charge in [0.1, 0.15) is 17.1 Å². The molecular formula is C27H31NO5S. The molecule has 7 heteroatoms. The Labute approximate surface area is 200 Å². The van der Waals surface area contributed by atoms with E-state index >= 15 is 0 Å². The molecule has 1 aliphatic carbocycles. The molecule has 180 valence electrons. The van der Waals surface area contributed by atoms with Crippen molar-refractivity contribution < 1.29 is 17.9 Å². The first-order chi connectivity index (χ1) is 16.4. The molecule has 34 heavy (non-hydrogen) atoms. The fourth-order valence-electron chi connectivity index (χ4n) is 4.73. The fraction of sp³-hybridized carbons (Fsp3) is 0.370. The van der Waals surface area contributed by atoms with Gasteiger partial charge in [0, 0.05) is 12.0 Å². The monoisotopic (exact) mass is 481 g/mol. The Morgan fingerprint density at radius 1 is 0.941 bits per heavy atom. The summed E-state index contributed by atoms with van der Waals surface area (Å²) in [6.45, 7) is 1.93. The summed E-state index contributed by atoms with van der Waals surface area (Å²) in [5.41, 5.74) is 0.417. The van der Waals surface area contributed by atoms with E-state index in [1.165, 1.54) is 16.4 Å². The lowest BCUT2D eigenvalue weighted by molar-refractivity contribution is 0.379. The number of nitrogens with zero attached hydrogens (tertiary/aromatic N) is 1. The number of hydrogen-bond acceptors (Lipinski definition) is 5. The van der Waals surface area contributed by atoms with E-state index in [2.05, 4.69) is 0 Å². The third-order valence-electron chi connectivity index (χ3n) is 6.38. The van der Waals surface area contributed by atoms with Crippen molar-refractivity contribution in [2.24, 2.45) is 0 Å². The number of aryl methyl sites for hydroxylation is 1. The van der Waals surface area contributed by atoms with Crippen LogP contribution < -0.4 is 9.93 Å². The second-order valence-corrected chi connectivity index (χ2v) is 10.5. The first-order valence-corrected chi connectivity index (χ1v) is 13.4. The molecule has 0 bridgehead atoms. The van der Waals surface area contributed by atoms with E-state index in [-0.39, 0.29) is 16.2 Å². The number of aromatic hydroxyl groups is 1. The summed E-state index contributed by atoms with van der Waals surface area (Å²) in [6, 6.07) is 16.0. The molecular weight excluding hydrogens is 450 g/mol. The summed E-state index contributed by atoms with van der Waals surface area (Å²) in [7, 11) is -4.05. The summed E-state index contributed by atoms with van der Waals surface area (Å²) >= 11 is 0. The number of fused-ring (bicyclic) bond motifs is 1. The van der Waals surface area contributed by atoms with E-state index in [0.717, 1.165) is 25.7 Å². The maximum absolute atomic E-state index is 13.9. The van der Waals surface area contributed by atoms with E-state index in [1.54, 1.807) is 42.5 Å². The lowest BCUT2D eigenvalue weighted by Gasteiger charge is -2.33. The lowest BCUT2D eigenvalue weighted by Crippen LogP contribution is -2.37. The molecule has 1 N–H and O–H groups in total. The minimum Gasteiger partial charge on any atom is -0.507 e. The van der Waals surface area contributed by atoms with Crippen LogP contribution in [-0.4, -0.2) is 13.5 Å². The van der Waals surface area contributed by atoms with Crippen LogP contribution in [0.4, 0.5) is 5.69 Å². The summed E-state index contributed by atoms with van der Waals surface area (Å²) in [5.74, 6) is 0.411. The van der Waals surface area contributed by atoms with Gasteiger partial charge in [-0.05, 0) is 49.9 Å². The van der Waals surface area contributed by atoms with Gasteiger partial charge < -0.3 is 9.52 Å². The molecule has 6 nitrogen and oxygen atoms in total. The molecule has 2 aromatic carbocycles. The van der Waals surface area contributed by atoms with Gasteiger partial charge in [0.15, 0.2) is 0 Å². The zero-order chi connectivity index (χ0) is 24.1. The van der Waals surface area contributed by atoms with E-state index in [0.29, 0.717) is 42.7 Å². The van der Waals surface area contributed by atoms with Crippen LogP contribution in [0.25, 0.3) is 0 Å². The molecule has 0 fully saturated rings. The third-order valence-corrected chi connectivity index (χ3v) is 8.23. The average molecular weight is 482 g/mol. The Balaban J connectivity index is 1.94. The maximum atomic E-state index is 13.9. The van der Waals surface area contributed by atoms with Crippen molar-refractivity contribution in [1.29, 1.82) is 0 Å². The predicted octanol–water partition coefficient (Wildman–Crippen LogP) is 5.74. The van der Waals surface area contributed by atoms with Crippen molar-refractivity contribution in [2.75, 3.05) is 4.31 Å². The van der Waals surface area contributed by atoms with Gasteiger partial charge >= 0.3 is 5.63 Å². The number of para-hydroxylation sites is 1. The summed E-state index contributed by atoms with van der Waals surface area (Å²) in [6.07, 6.45) is 6.04.